The number of rotatable bonds is 7. The molecule has 2 heterocycles. The van der Waals surface area contributed by atoms with Crippen LogP contribution in [-0.4, -0.2) is 31.2 Å². The van der Waals surface area contributed by atoms with Crippen LogP contribution >= 0.6 is 24.0 Å². The second-order valence-electron chi connectivity index (χ2n) is 7.86. The van der Waals surface area contributed by atoms with Crippen molar-refractivity contribution in [3.8, 4) is 5.69 Å². The summed E-state index contributed by atoms with van der Waals surface area (Å²) in [4.78, 5) is 25.8. The molecule has 0 N–H and O–H groups in total. The van der Waals surface area contributed by atoms with E-state index in [0.717, 1.165) is 35.5 Å². The Labute approximate surface area is 202 Å². The summed E-state index contributed by atoms with van der Waals surface area (Å²) in [7, 11) is 0. The molecule has 4 rings (SSSR count). The molecule has 0 saturated carbocycles. The number of hydrogen-bond donors (Lipinski definition) is 0. The molecule has 0 spiro atoms. The van der Waals surface area contributed by atoms with Crippen molar-refractivity contribution in [1.29, 1.82) is 0 Å². The molecule has 1 aliphatic heterocycles. The molecule has 6 nitrogen and oxygen atoms in total. The van der Waals surface area contributed by atoms with Crippen LogP contribution in [0.25, 0.3) is 11.8 Å². The average Bonchev–Trinajstić information content (AvgIpc) is 3.23. The van der Waals surface area contributed by atoms with Gasteiger partial charge in [-0.2, -0.15) is 0 Å². The minimum Gasteiger partial charge on any atom is -0.318 e. The molecule has 1 amide bonds. The zero-order valence-electron chi connectivity index (χ0n) is 18.4. The summed E-state index contributed by atoms with van der Waals surface area (Å²) < 4.78 is 2.61. The number of nitro benzene ring substituents is 1. The fourth-order valence-electron chi connectivity index (χ4n) is 3.97. The highest BCUT2D eigenvalue weighted by Gasteiger charge is 2.31. The molecule has 1 aliphatic rings. The number of benzene rings is 2. The van der Waals surface area contributed by atoms with E-state index in [9.17, 15) is 14.9 Å². The number of non-ortho nitro benzene ring substituents is 1. The van der Waals surface area contributed by atoms with Crippen LogP contribution in [0.1, 0.15) is 28.9 Å². The lowest BCUT2D eigenvalue weighted by molar-refractivity contribution is -0.384. The Balaban J connectivity index is 1.50. The number of aromatic nitrogens is 1. The lowest BCUT2D eigenvalue weighted by Crippen LogP contribution is -2.29. The van der Waals surface area contributed by atoms with Crippen LogP contribution in [0.5, 0.6) is 0 Å². The van der Waals surface area contributed by atoms with E-state index >= 15 is 0 Å². The Morgan fingerprint density at radius 1 is 1.09 bits per heavy atom. The molecule has 8 heteroatoms. The van der Waals surface area contributed by atoms with E-state index in [2.05, 4.69) is 12.1 Å². The van der Waals surface area contributed by atoms with Gasteiger partial charge in [-0.25, -0.2) is 0 Å². The topological polar surface area (TPSA) is 68.4 Å². The minimum atomic E-state index is -0.410. The molecule has 0 bridgehead atoms. The number of aryl methyl sites for hydroxylation is 2. The lowest BCUT2D eigenvalue weighted by atomic mass is 10.1. The number of nitro groups is 1. The van der Waals surface area contributed by atoms with Gasteiger partial charge in [0.25, 0.3) is 11.6 Å². The van der Waals surface area contributed by atoms with Gasteiger partial charge in [0.1, 0.15) is 4.32 Å². The maximum absolute atomic E-state index is 13.0. The zero-order chi connectivity index (χ0) is 23.5. The van der Waals surface area contributed by atoms with Gasteiger partial charge in [0.15, 0.2) is 0 Å². The van der Waals surface area contributed by atoms with Gasteiger partial charge in [-0.05, 0) is 62.1 Å². The van der Waals surface area contributed by atoms with Gasteiger partial charge in [-0.15, -0.1) is 0 Å². The highest BCUT2D eigenvalue weighted by atomic mass is 32.2. The molecule has 0 atom stereocenters. The van der Waals surface area contributed by atoms with Crippen LogP contribution in [0.4, 0.5) is 5.69 Å². The van der Waals surface area contributed by atoms with Gasteiger partial charge < -0.3 is 4.57 Å². The zero-order valence-corrected chi connectivity index (χ0v) is 20.0. The largest absolute Gasteiger partial charge is 0.318 e. The predicted molar refractivity (Wildman–Crippen MR) is 137 cm³/mol. The van der Waals surface area contributed by atoms with E-state index < -0.39 is 4.92 Å². The number of thiocarbonyl (C=S) groups is 1. The first-order valence-electron chi connectivity index (χ1n) is 10.6. The smallest absolute Gasteiger partial charge is 0.269 e. The van der Waals surface area contributed by atoms with E-state index in [-0.39, 0.29) is 11.6 Å². The number of carbonyl (C=O) groups excluding carboxylic acids is 1. The highest BCUT2D eigenvalue weighted by Crippen LogP contribution is 2.34. The van der Waals surface area contributed by atoms with Crippen LogP contribution in [0.2, 0.25) is 0 Å². The van der Waals surface area contributed by atoms with E-state index in [1.807, 2.05) is 48.8 Å². The molecule has 168 valence electrons. The van der Waals surface area contributed by atoms with E-state index in [0.29, 0.717) is 15.8 Å². The van der Waals surface area contributed by atoms with Crippen molar-refractivity contribution in [1.82, 2.24) is 9.47 Å². The summed E-state index contributed by atoms with van der Waals surface area (Å²) >= 11 is 6.81. The molecule has 3 aromatic rings. The van der Waals surface area contributed by atoms with Gasteiger partial charge in [-0.1, -0.05) is 54.3 Å². The summed E-state index contributed by atoms with van der Waals surface area (Å²) in [6.07, 6.45) is 3.63. The maximum atomic E-state index is 13.0. The van der Waals surface area contributed by atoms with E-state index in [4.69, 9.17) is 12.2 Å². The SMILES string of the molecule is Cc1cc(/C=C2\SC(=S)N(CCCc3ccccc3)C2=O)c(C)n1-c1ccc([N+](=O)[O-])cc1. The average molecular weight is 478 g/mol. The second-order valence-corrected chi connectivity index (χ2v) is 9.53. The van der Waals surface area contributed by atoms with Gasteiger partial charge in [0.05, 0.1) is 9.83 Å². The van der Waals surface area contributed by atoms with Gasteiger partial charge in [-0.3, -0.25) is 19.8 Å². The van der Waals surface area contributed by atoms with Crippen molar-refractivity contribution in [2.45, 2.75) is 26.7 Å². The molecular weight excluding hydrogens is 454 g/mol. The van der Waals surface area contributed by atoms with Crippen LogP contribution < -0.4 is 0 Å². The number of hydrogen-bond acceptors (Lipinski definition) is 5. The third-order valence-electron chi connectivity index (χ3n) is 5.64. The summed E-state index contributed by atoms with van der Waals surface area (Å²) in [6, 6.07) is 18.7. The molecule has 1 saturated heterocycles. The van der Waals surface area contributed by atoms with Crippen molar-refractivity contribution < 1.29 is 9.72 Å². The first-order valence-corrected chi connectivity index (χ1v) is 11.8. The highest BCUT2D eigenvalue weighted by molar-refractivity contribution is 8.26. The summed E-state index contributed by atoms with van der Waals surface area (Å²) in [5.41, 5.74) is 5.00. The standard InChI is InChI=1S/C25H23N3O3S2/c1-17-15-20(18(2)27(17)21-10-12-22(13-11-21)28(30)31)16-23-24(29)26(25(32)33-23)14-6-9-19-7-4-3-5-8-19/h3-5,7-8,10-13,15-16H,6,9,14H2,1-2H3/b23-16-. The molecule has 0 unspecified atom stereocenters. The third-order valence-corrected chi connectivity index (χ3v) is 7.02. The van der Waals surface area contributed by atoms with Crippen molar-refractivity contribution >= 4 is 46.0 Å². The van der Waals surface area contributed by atoms with Crippen LogP contribution in [-0.2, 0) is 11.2 Å². The van der Waals surface area contributed by atoms with Crippen molar-refractivity contribution in [2.24, 2.45) is 0 Å². The van der Waals surface area contributed by atoms with Crippen molar-refractivity contribution in [3.63, 3.8) is 0 Å². The number of nitrogens with zero attached hydrogens (tertiary/aromatic N) is 3. The van der Waals surface area contributed by atoms with Gasteiger partial charge in [0, 0.05) is 35.8 Å². The normalized spacial score (nSPS) is 15.0. The van der Waals surface area contributed by atoms with E-state index in [1.54, 1.807) is 17.0 Å². The molecule has 1 fully saturated rings. The monoisotopic (exact) mass is 477 g/mol. The molecular formula is C25H23N3O3S2. The molecule has 2 aromatic carbocycles. The van der Waals surface area contributed by atoms with Crippen molar-refractivity contribution in [2.75, 3.05) is 6.54 Å². The van der Waals surface area contributed by atoms with Crippen LogP contribution in [0, 0.1) is 24.0 Å². The molecule has 1 aromatic heterocycles. The number of carbonyl (C=O) groups is 1. The second kappa shape index (κ2) is 9.72. The Hall–Kier alpha value is -3.23. The minimum absolute atomic E-state index is 0.0531. The Morgan fingerprint density at radius 2 is 1.79 bits per heavy atom. The lowest BCUT2D eigenvalue weighted by Gasteiger charge is -2.14. The first-order chi connectivity index (χ1) is 15.8. The summed E-state index contributed by atoms with van der Waals surface area (Å²) in [6.45, 7) is 4.54. The Bertz CT molecular complexity index is 1250. The van der Waals surface area contributed by atoms with Crippen LogP contribution in [0.15, 0.2) is 65.6 Å². The maximum Gasteiger partial charge on any atom is 0.269 e. The number of thioether (sulfide) groups is 1. The van der Waals surface area contributed by atoms with Gasteiger partial charge in [0.2, 0.25) is 0 Å². The van der Waals surface area contributed by atoms with Crippen molar-refractivity contribution in [3.05, 3.63) is 98.2 Å². The van der Waals surface area contributed by atoms with E-state index in [1.165, 1.54) is 29.5 Å². The molecule has 33 heavy (non-hydrogen) atoms. The molecule has 0 radical (unpaired) electrons. The predicted octanol–water partition coefficient (Wildman–Crippen LogP) is 5.84. The Morgan fingerprint density at radius 3 is 2.45 bits per heavy atom. The fraction of sp³-hybridized carbons (Fsp3) is 0.200. The number of amides is 1. The quantitative estimate of drug-likeness (QED) is 0.185. The van der Waals surface area contributed by atoms with Crippen LogP contribution in [0.3, 0.4) is 0 Å². The molecule has 0 aliphatic carbocycles. The third kappa shape index (κ3) is 4.91. The first kappa shape index (κ1) is 22.9. The summed E-state index contributed by atoms with van der Waals surface area (Å²) in [5, 5.41) is 10.9. The van der Waals surface area contributed by atoms with Gasteiger partial charge >= 0.3 is 0 Å². The fourth-order valence-corrected chi connectivity index (χ4v) is 5.27. The Kier molecular flexibility index (Phi) is 6.76. The summed E-state index contributed by atoms with van der Waals surface area (Å²) in [5.74, 6) is -0.0572.